The van der Waals surface area contributed by atoms with E-state index >= 15 is 0 Å². The number of carbonyl (C=O) groups excluding carboxylic acids is 1. The van der Waals surface area contributed by atoms with Gasteiger partial charge in [0.25, 0.3) is 5.91 Å². The number of aromatic nitrogens is 2. The maximum atomic E-state index is 13.1. The van der Waals surface area contributed by atoms with Crippen molar-refractivity contribution in [2.75, 3.05) is 13.6 Å². The average Bonchev–Trinajstić information content (AvgIpc) is 3.67. The van der Waals surface area contributed by atoms with Gasteiger partial charge in [-0.05, 0) is 42.6 Å². The van der Waals surface area contributed by atoms with Crippen LogP contribution >= 0.6 is 0 Å². The summed E-state index contributed by atoms with van der Waals surface area (Å²) in [5.74, 6) is 1.66. The largest absolute Gasteiger partial charge is 0.488 e. The minimum Gasteiger partial charge on any atom is -0.488 e. The number of hydrogen-bond acceptors (Lipinski definition) is 8. The van der Waals surface area contributed by atoms with Crippen LogP contribution in [0.1, 0.15) is 59.6 Å². The third kappa shape index (κ3) is 6.95. The molecule has 5 aromatic rings. The smallest absolute Gasteiger partial charge is 0.274 e. The Morgan fingerprint density at radius 1 is 0.860 bits per heavy atom. The fourth-order valence-electron chi connectivity index (χ4n) is 4.72. The van der Waals surface area contributed by atoms with Gasteiger partial charge in [0.15, 0.2) is 17.2 Å². The van der Waals surface area contributed by atoms with Gasteiger partial charge >= 0.3 is 0 Å². The van der Waals surface area contributed by atoms with E-state index in [4.69, 9.17) is 18.5 Å². The molecule has 1 amide bonds. The first-order chi connectivity index (χ1) is 21.0. The van der Waals surface area contributed by atoms with E-state index in [1.165, 1.54) is 0 Å². The van der Waals surface area contributed by atoms with Crippen LogP contribution in [-0.2, 0) is 19.8 Å². The molecule has 5 rings (SSSR count). The van der Waals surface area contributed by atoms with E-state index in [1.807, 2.05) is 86.8 Å². The zero-order valence-electron chi connectivity index (χ0n) is 24.8. The highest BCUT2D eigenvalue weighted by Crippen LogP contribution is 2.44. The van der Waals surface area contributed by atoms with Crippen molar-refractivity contribution >= 4 is 5.91 Å². The Balaban J connectivity index is 1.64. The van der Waals surface area contributed by atoms with Crippen LogP contribution < -0.4 is 20.1 Å². The minimum absolute atomic E-state index is 0.105. The molecule has 2 N–H and O–H groups in total. The molecule has 0 unspecified atom stereocenters. The number of rotatable bonds is 13. The average molecular weight is 581 g/mol. The van der Waals surface area contributed by atoms with Crippen molar-refractivity contribution in [2.24, 2.45) is 0 Å². The molecule has 2 aromatic heterocycles. The summed E-state index contributed by atoms with van der Waals surface area (Å²) in [7, 11) is 1.82. The number of ether oxygens (including phenoxy) is 2. The van der Waals surface area contributed by atoms with Crippen molar-refractivity contribution in [1.82, 2.24) is 20.9 Å². The van der Waals surface area contributed by atoms with Gasteiger partial charge in [0, 0.05) is 25.2 Å². The third-order valence-electron chi connectivity index (χ3n) is 6.86. The molecule has 0 saturated carbocycles. The Hall–Kier alpha value is -4.89. The van der Waals surface area contributed by atoms with E-state index in [1.54, 1.807) is 6.07 Å². The van der Waals surface area contributed by atoms with Crippen molar-refractivity contribution in [2.45, 2.75) is 46.4 Å². The van der Waals surface area contributed by atoms with Crippen LogP contribution in [0.2, 0.25) is 0 Å². The van der Waals surface area contributed by atoms with Crippen molar-refractivity contribution in [3.63, 3.8) is 0 Å². The number of nitrogens with one attached hydrogen (secondary N) is 2. The molecule has 0 atom stereocenters. The van der Waals surface area contributed by atoms with Gasteiger partial charge in [0.2, 0.25) is 0 Å². The Morgan fingerprint density at radius 3 is 2.12 bits per heavy atom. The molecule has 9 nitrogen and oxygen atoms in total. The Labute approximate surface area is 251 Å². The van der Waals surface area contributed by atoms with Gasteiger partial charge in [-0.25, -0.2) is 0 Å². The number of benzene rings is 3. The first kappa shape index (κ1) is 29.6. The lowest BCUT2D eigenvalue weighted by Gasteiger charge is -2.19. The van der Waals surface area contributed by atoms with Crippen LogP contribution in [0.5, 0.6) is 11.5 Å². The maximum absolute atomic E-state index is 13.1. The van der Waals surface area contributed by atoms with Gasteiger partial charge in [-0.1, -0.05) is 84.8 Å². The lowest BCUT2D eigenvalue weighted by molar-refractivity contribution is 0.0947. The van der Waals surface area contributed by atoms with Crippen LogP contribution in [-0.4, -0.2) is 29.8 Å². The van der Waals surface area contributed by atoms with Gasteiger partial charge in [-0.15, -0.1) is 0 Å². The molecule has 0 bridgehead atoms. The predicted octanol–water partition coefficient (Wildman–Crippen LogP) is 6.75. The second kappa shape index (κ2) is 13.8. The van der Waals surface area contributed by atoms with Crippen LogP contribution in [0.15, 0.2) is 87.9 Å². The van der Waals surface area contributed by atoms with Crippen molar-refractivity contribution < 1.29 is 23.3 Å². The second-order valence-corrected chi connectivity index (χ2v) is 10.4. The molecule has 3 aromatic carbocycles. The van der Waals surface area contributed by atoms with Crippen LogP contribution in [0, 0.1) is 0 Å². The number of carbonyl (C=O) groups is 1. The summed E-state index contributed by atoms with van der Waals surface area (Å²) in [6.07, 6.45) is 0. The molecular weight excluding hydrogens is 544 g/mol. The van der Waals surface area contributed by atoms with Crippen LogP contribution in [0.3, 0.4) is 0 Å². The van der Waals surface area contributed by atoms with Gasteiger partial charge in [0.1, 0.15) is 30.3 Å². The highest BCUT2D eigenvalue weighted by atomic mass is 16.5. The molecule has 0 spiro atoms. The van der Waals surface area contributed by atoms with E-state index in [2.05, 4.69) is 34.8 Å². The molecule has 0 aliphatic rings. The summed E-state index contributed by atoms with van der Waals surface area (Å²) in [6.45, 7) is 7.68. The fraction of sp³-hybridized carbons (Fsp3) is 0.265. The van der Waals surface area contributed by atoms with Gasteiger partial charge in [-0.2, -0.15) is 0 Å². The minimum atomic E-state index is -0.377. The number of hydrogen-bond donors (Lipinski definition) is 2. The Bertz CT molecular complexity index is 1640. The zero-order chi connectivity index (χ0) is 30.2. The molecule has 0 fully saturated rings. The summed E-state index contributed by atoms with van der Waals surface area (Å²) in [6, 6.07) is 25.6. The molecule has 9 heteroatoms. The maximum Gasteiger partial charge on any atom is 0.274 e. The molecule has 0 saturated heterocycles. The standard InChI is InChI=1S/C34H36N4O5/c1-5-36-34(39)32-31(30-16-25(19-35-4)37-42-30)33(43-38-32)27-17-26(22(2)3)28(40-20-23-12-8-6-9-13-23)18-29(27)41-21-24-14-10-7-11-15-24/h6-18,22,35H,5,19-21H2,1-4H3,(H,36,39). The fourth-order valence-corrected chi connectivity index (χ4v) is 4.72. The Kier molecular flexibility index (Phi) is 9.53. The summed E-state index contributed by atoms with van der Waals surface area (Å²) in [5, 5.41) is 14.2. The summed E-state index contributed by atoms with van der Waals surface area (Å²) < 4.78 is 24.4. The van der Waals surface area contributed by atoms with Gasteiger partial charge in [-0.3, -0.25) is 4.79 Å². The van der Waals surface area contributed by atoms with E-state index in [0.29, 0.717) is 66.1 Å². The van der Waals surface area contributed by atoms with Crippen LogP contribution in [0.4, 0.5) is 0 Å². The van der Waals surface area contributed by atoms with Crippen LogP contribution in [0.25, 0.3) is 22.6 Å². The third-order valence-corrected chi connectivity index (χ3v) is 6.86. The highest BCUT2D eigenvalue weighted by molar-refractivity contribution is 6.01. The monoisotopic (exact) mass is 580 g/mol. The lowest BCUT2D eigenvalue weighted by atomic mass is 9.95. The summed E-state index contributed by atoms with van der Waals surface area (Å²) in [4.78, 5) is 13.1. The molecule has 0 aliphatic heterocycles. The molecule has 0 radical (unpaired) electrons. The normalized spacial score (nSPS) is 11.1. The topological polar surface area (TPSA) is 112 Å². The molecular formula is C34H36N4O5. The van der Waals surface area contributed by atoms with Gasteiger partial charge in [0.05, 0.1) is 11.3 Å². The summed E-state index contributed by atoms with van der Waals surface area (Å²) in [5.41, 5.74) is 4.82. The van der Waals surface area contributed by atoms with Crippen molar-refractivity contribution in [3.8, 4) is 34.1 Å². The molecule has 43 heavy (non-hydrogen) atoms. The zero-order valence-corrected chi connectivity index (χ0v) is 24.8. The first-order valence-electron chi connectivity index (χ1n) is 14.4. The lowest BCUT2D eigenvalue weighted by Crippen LogP contribution is -2.23. The van der Waals surface area contributed by atoms with E-state index < -0.39 is 0 Å². The molecule has 2 heterocycles. The Morgan fingerprint density at radius 2 is 1.51 bits per heavy atom. The quantitative estimate of drug-likeness (QED) is 0.157. The SMILES string of the molecule is CCNC(=O)c1noc(-c2cc(C(C)C)c(OCc3ccccc3)cc2OCc2ccccc2)c1-c1cc(CNC)no1. The number of amides is 1. The van der Waals surface area contributed by atoms with E-state index in [9.17, 15) is 4.79 Å². The highest BCUT2D eigenvalue weighted by Gasteiger charge is 2.30. The first-order valence-corrected chi connectivity index (χ1v) is 14.4. The predicted molar refractivity (Wildman–Crippen MR) is 164 cm³/mol. The van der Waals surface area contributed by atoms with E-state index in [0.717, 1.165) is 16.7 Å². The molecule has 222 valence electrons. The van der Waals surface area contributed by atoms with Crippen molar-refractivity contribution in [3.05, 3.63) is 107 Å². The second-order valence-electron chi connectivity index (χ2n) is 10.4. The van der Waals surface area contributed by atoms with Crippen molar-refractivity contribution in [1.29, 1.82) is 0 Å². The molecule has 0 aliphatic carbocycles. The van der Waals surface area contributed by atoms with Gasteiger partial charge < -0.3 is 29.2 Å². The summed E-state index contributed by atoms with van der Waals surface area (Å²) >= 11 is 0. The van der Waals surface area contributed by atoms with E-state index in [-0.39, 0.29) is 17.5 Å². The number of nitrogens with zero attached hydrogens (tertiary/aromatic N) is 2.